The van der Waals surface area contributed by atoms with Crippen LogP contribution in [0.4, 0.5) is 13.2 Å². The highest BCUT2D eigenvalue weighted by molar-refractivity contribution is 5.79. The number of pyridine rings is 1. The van der Waals surface area contributed by atoms with Gasteiger partial charge in [-0.15, -0.1) is 0 Å². The summed E-state index contributed by atoms with van der Waals surface area (Å²) < 4.78 is 46.1. The number of carbonyl (C=O) groups excluding carboxylic acids is 1. The van der Waals surface area contributed by atoms with E-state index in [1.165, 1.54) is 18.2 Å². The van der Waals surface area contributed by atoms with Crippen molar-refractivity contribution in [3.8, 4) is 5.75 Å². The normalized spacial score (nSPS) is 15.6. The van der Waals surface area contributed by atoms with Crippen LogP contribution in [0.3, 0.4) is 0 Å². The molecule has 1 aromatic heterocycles. The molecule has 34 heavy (non-hydrogen) atoms. The Labute approximate surface area is 196 Å². The van der Waals surface area contributed by atoms with Crippen LogP contribution in [0, 0.1) is 23.4 Å². The first kappa shape index (κ1) is 23.8. The molecule has 2 aromatic carbocycles. The van der Waals surface area contributed by atoms with Crippen molar-refractivity contribution in [1.82, 2.24) is 15.2 Å². The van der Waals surface area contributed by atoms with Gasteiger partial charge in [0, 0.05) is 18.7 Å². The van der Waals surface area contributed by atoms with E-state index in [4.69, 9.17) is 4.74 Å². The Hall–Kier alpha value is -3.39. The van der Waals surface area contributed by atoms with Gasteiger partial charge in [-0.3, -0.25) is 14.7 Å². The molecule has 8 heteroatoms. The number of hydrogen-bond acceptors (Lipinski definition) is 4. The summed E-state index contributed by atoms with van der Waals surface area (Å²) in [5, 5.41) is 3.08. The minimum atomic E-state index is -0.723. The van der Waals surface area contributed by atoms with E-state index in [0.717, 1.165) is 17.7 Å². The third kappa shape index (κ3) is 5.94. The average Bonchev–Trinajstić information content (AvgIpc) is 2.86. The largest absolute Gasteiger partial charge is 0.486 e. The maximum absolute atomic E-state index is 13.7. The van der Waals surface area contributed by atoms with Crippen LogP contribution in [-0.2, 0) is 4.79 Å². The predicted octanol–water partition coefficient (Wildman–Crippen LogP) is 4.50. The summed E-state index contributed by atoms with van der Waals surface area (Å²) in [6.07, 6.45) is 2.96. The van der Waals surface area contributed by atoms with E-state index >= 15 is 0 Å². The molecule has 178 valence electrons. The Balaban J connectivity index is 1.31. The number of rotatable bonds is 8. The Kier molecular flexibility index (Phi) is 7.80. The van der Waals surface area contributed by atoms with Gasteiger partial charge in [-0.1, -0.05) is 24.3 Å². The molecular weight excluding hydrogens is 443 g/mol. The third-order valence-electron chi connectivity index (χ3n) is 6.00. The monoisotopic (exact) mass is 469 g/mol. The number of carbonyl (C=O) groups is 1. The van der Waals surface area contributed by atoms with Crippen molar-refractivity contribution in [2.45, 2.75) is 18.9 Å². The molecule has 1 N–H and O–H groups in total. The number of piperidine rings is 1. The van der Waals surface area contributed by atoms with Crippen LogP contribution in [0.1, 0.15) is 30.1 Å². The summed E-state index contributed by atoms with van der Waals surface area (Å²) in [6, 6.07) is 14.6. The van der Waals surface area contributed by atoms with E-state index in [9.17, 15) is 18.0 Å². The number of aromatic nitrogens is 1. The number of benzene rings is 2. The molecule has 0 saturated carbocycles. The summed E-state index contributed by atoms with van der Waals surface area (Å²) in [6.45, 7) is 2.01. The Morgan fingerprint density at radius 3 is 2.35 bits per heavy atom. The molecular formula is C26H26F3N3O2. The lowest BCUT2D eigenvalue weighted by Crippen LogP contribution is -2.43. The fourth-order valence-electron chi connectivity index (χ4n) is 4.11. The molecule has 0 spiro atoms. The van der Waals surface area contributed by atoms with Gasteiger partial charge in [0.25, 0.3) is 0 Å². The Bertz CT molecular complexity index is 1070. The molecule has 0 unspecified atom stereocenters. The molecule has 4 rings (SSSR count). The van der Waals surface area contributed by atoms with E-state index in [2.05, 4.69) is 15.2 Å². The van der Waals surface area contributed by atoms with Gasteiger partial charge in [-0.25, -0.2) is 13.2 Å². The van der Waals surface area contributed by atoms with Gasteiger partial charge in [-0.05, 0) is 67.9 Å². The number of nitrogens with zero attached hydrogens (tertiary/aromatic N) is 2. The zero-order chi connectivity index (χ0) is 23.9. The van der Waals surface area contributed by atoms with Gasteiger partial charge in [0.05, 0.1) is 11.7 Å². The highest BCUT2D eigenvalue weighted by Gasteiger charge is 2.28. The van der Waals surface area contributed by atoms with E-state index in [1.807, 2.05) is 12.1 Å². The van der Waals surface area contributed by atoms with Crippen LogP contribution in [0.2, 0.25) is 0 Å². The van der Waals surface area contributed by atoms with Gasteiger partial charge >= 0.3 is 0 Å². The van der Waals surface area contributed by atoms with Crippen LogP contribution in [0.25, 0.3) is 0 Å². The molecule has 0 radical (unpaired) electrons. The Morgan fingerprint density at radius 2 is 1.71 bits per heavy atom. The smallest absolute Gasteiger partial charge is 0.224 e. The summed E-state index contributed by atoms with van der Waals surface area (Å²) in [4.78, 5) is 19.5. The summed E-state index contributed by atoms with van der Waals surface area (Å²) in [5.41, 5.74) is 1.43. The highest BCUT2D eigenvalue weighted by atomic mass is 19.1. The van der Waals surface area contributed by atoms with Gasteiger partial charge in [0.2, 0.25) is 5.91 Å². The summed E-state index contributed by atoms with van der Waals surface area (Å²) >= 11 is 0. The first-order valence-electron chi connectivity index (χ1n) is 11.3. The zero-order valence-electron chi connectivity index (χ0n) is 18.6. The molecule has 5 nitrogen and oxygen atoms in total. The van der Waals surface area contributed by atoms with E-state index in [1.54, 1.807) is 24.4 Å². The van der Waals surface area contributed by atoms with Crippen molar-refractivity contribution in [1.29, 1.82) is 0 Å². The molecule has 1 fully saturated rings. The average molecular weight is 470 g/mol. The van der Waals surface area contributed by atoms with E-state index < -0.39 is 17.7 Å². The molecule has 0 bridgehead atoms. The second-order valence-electron chi connectivity index (χ2n) is 8.26. The second-order valence-corrected chi connectivity index (χ2v) is 8.26. The van der Waals surface area contributed by atoms with E-state index in [0.29, 0.717) is 38.2 Å². The maximum Gasteiger partial charge on any atom is 0.224 e. The fourth-order valence-corrected chi connectivity index (χ4v) is 4.11. The second kappa shape index (κ2) is 11.2. The fraction of sp³-hybridized carbons (Fsp3) is 0.308. The lowest BCUT2D eigenvalue weighted by Gasteiger charge is -2.32. The van der Waals surface area contributed by atoms with Crippen molar-refractivity contribution in [3.63, 3.8) is 0 Å². The van der Waals surface area contributed by atoms with E-state index in [-0.39, 0.29) is 30.0 Å². The zero-order valence-corrected chi connectivity index (χ0v) is 18.6. The van der Waals surface area contributed by atoms with Gasteiger partial charge < -0.3 is 10.1 Å². The molecule has 1 aliphatic heterocycles. The number of ether oxygens (including phenoxy) is 1. The number of hydrogen-bond donors (Lipinski definition) is 1. The van der Waals surface area contributed by atoms with Crippen LogP contribution in [-0.4, -0.2) is 42.0 Å². The standard InChI is InChI=1S/C26H26F3N3O2/c27-20-9-7-18(8-10-20)24(23-6-1-2-13-30-23)31-26(33)19-11-14-32(15-12-19)16-17-34-25-21(28)4-3-5-22(25)29/h1-10,13,19,24H,11-12,14-17H2,(H,31,33)/t24-/m1/s1. The molecule has 1 aliphatic rings. The topological polar surface area (TPSA) is 54.5 Å². The van der Waals surface area contributed by atoms with Crippen LogP contribution < -0.4 is 10.1 Å². The van der Waals surface area contributed by atoms with Gasteiger partial charge in [0.1, 0.15) is 12.4 Å². The minimum absolute atomic E-state index is 0.0793. The molecule has 0 aliphatic carbocycles. The summed E-state index contributed by atoms with van der Waals surface area (Å²) in [7, 11) is 0. The van der Waals surface area contributed by atoms with Crippen LogP contribution >= 0.6 is 0 Å². The quantitative estimate of drug-likeness (QED) is 0.528. The van der Waals surface area contributed by atoms with Crippen LogP contribution in [0.15, 0.2) is 66.9 Å². The Morgan fingerprint density at radius 1 is 1.00 bits per heavy atom. The van der Waals surface area contributed by atoms with Crippen molar-refractivity contribution in [2.75, 3.05) is 26.2 Å². The molecule has 3 aromatic rings. The first-order valence-corrected chi connectivity index (χ1v) is 11.3. The molecule has 1 amide bonds. The van der Waals surface area contributed by atoms with Gasteiger partial charge in [-0.2, -0.15) is 0 Å². The number of halogens is 3. The molecule has 2 heterocycles. The summed E-state index contributed by atoms with van der Waals surface area (Å²) in [5.74, 6) is -2.41. The SMILES string of the molecule is O=C(N[C@H](c1ccc(F)cc1)c1ccccn1)C1CCN(CCOc2c(F)cccc2F)CC1. The lowest BCUT2D eigenvalue weighted by molar-refractivity contribution is -0.127. The number of para-hydroxylation sites is 1. The lowest BCUT2D eigenvalue weighted by atomic mass is 9.94. The first-order chi connectivity index (χ1) is 16.5. The van der Waals surface area contributed by atoms with Crippen molar-refractivity contribution in [3.05, 3.63) is 95.6 Å². The van der Waals surface area contributed by atoms with Crippen molar-refractivity contribution >= 4 is 5.91 Å². The number of nitrogens with one attached hydrogen (secondary N) is 1. The van der Waals surface area contributed by atoms with Crippen molar-refractivity contribution < 1.29 is 22.7 Å². The number of likely N-dealkylation sites (tertiary alicyclic amines) is 1. The predicted molar refractivity (Wildman–Crippen MR) is 122 cm³/mol. The molecule has 1 atom stereocenters. The number of amides is 1. The minimum Gasteiger partial charge on any atom is -0.486 e. The molecule has 1 saturated heterocycles. The van der Waals surface area contributed by atoms with Crippen LogP contribution in [0.5, 0.6) is 5.75 Å². The third-order valence-corrected chi connectivity index (χ3v) is 6.00. The maximum atomic E-state index is 13.7. The van der Waals surface area contributed by atoms with Crippen molar-refractivity contribution in [2.24, 2.45) is 5.92 Å². The highest BCUT2D eigenvalue weighted by Crippen LogP contribution is 2.24. The van der Waals surface area contributed by atoms with Gasteiger partial charge in [0.15, 0.2) is 17.4 Å².